The highest BCUT2D eigenvalue weighted by Gasteiger charge is 2.79. The molecule has 8 heteroatoms. The molecule has 0 aromatic heterocycles. The van der Waals surface area contributed by atoms with E-state index in [1.807, 2.05) is 20.8 Å². The van der Waals surface area contributed by atoms with E-state index in [4.69, 9.17) is 9.47 Å². The van der Waals surface area contributed by atoms with Gasteiger partial charge < -0.3 is 24.4 Å². The molecule has 2 amide bonds. The first-order valence-corrected chi connectivity index (χ1v) is 13.5. The average molecular weight is 505 g/mol. The zero-order valence-electron chi connectivity index (χ0n) is 22.2. The maximum atomic E-state index is 14.1. The van der Waals surface area contributed by atoms with Gasteiger partial charge >= 0.3 is 5.97 Å². The second-order valence-corrected chi connectivity index (χ2v) is 10.6. The smallest absolute Gasteiger partial charge is 0.312 e. The highest BCUT2D eigenvalue weighted by molar-refractivity contribution is 5.98. The summed E-state index contributed by atoms with van der Waals surface area (Å²) in [4.78, 5) is 45.0. The molecule has 2 unspecified atom stereocenters. The zero-order chi connectivity index (χ0) is 26.5. The quantitative estimate of drug-likeness (QED) is 0.209. The zero-order valence-corrected chi connectivity index (χ0v) is 22.2. The van der Waals surface area contributed by atoms with Crippen LogP contribution in [0.1, 0.15) is 72.1 Å². The first kappa shape index (κ1) is 28.4. The second-order valence-electron chi connectivity index (χ2n) is 10.6. The third-order valence-electron chi connectivity index (χ3n) is 8.25. The van der Waals surface area contributed by atoms with Gasteiger partial charge in [0, 0.05) is 25.7 Å². The number of amides is 2. The molecule has 3 aliphatic rings. The monoisotopic (exact) mass is 504 g/mol. The lowest BCUT2D eigenvalue weighted by atomic mass is 9.65. The Morgan fingerprint density at radius 2 is 1.97 bits per heavy atom. The van der Waals surface area contributed by atoms with Crippen molar-refractivity contribution >= 4 is 17.8 Å². The van der Waals surface area contributed by atoms with E-state index in [1.54, 1.807) is 22.0 Å². The SMILES string of the molecule is C=CCCCOC(=O)[C@H]1[C@H]2C(=O)N(CCCCCO)C(C(=O)N(CC=C)C(C)C)C23CC[C@]1(CC)O3. The molecule has 0 aliphatic carbocycles. The molecule has 202 valence electrons. The maximum absolute atomic E-state index is 14.1. The van der Waals surface area contributed by atoms with Gasteiger partial charge in [0.05, 0.1) is 18.1 Å². The molecule has 36 heavy (non-hydrogen) atoms. The number of aliphatic hydroxyl groups excluding tert-OH is 1. The number of allylic oxidation sites excluding steroid dienone is 1. The predicted molar refractivity (Wildman–Crippen MR) is 137 cm³/mol. The molecular formula is C28H44N2O6. The van der Waals surface area contributed by atoms with Gasteiger partial charge in [-0.3, -0.25) is 14.4 Å². The molecule has 3 fully saturated rings. The minimum absolute atomic E-state index is 0.0818. The fourth-order valence-electron chi connectivity index (χ4n) is 6.51. The number of likely N-dealkylation sites (tertiary alicyclic amines) is 1. The Balaban J connectivity index is 1.99. The Labute approximate surface area is 215 Å². The van der Waals surface area contributed by atoms with Crippen molar-refractivity contribution in [2.75, 3.05) is 26.3 Å². The molecular weight excluding hydrogens is 460 g/mol. The van der Waals surface area contributed by atoms with E-state index in [-0.39, 0.29) is 31.1 Å². The summed E-state index contributed by atoms with van der Waals surface area (Å²) in [6, 6.07) is -0.875. The molecule has 3 saturated heterocycles. The van der Waals surface area contributed by atoms with Crippen molar-refractivity contribution in [3.63, 3.8) is 0 Å². The molecule has 0 saturated carbocycles. The summed E-state index contributed by atoms with van der Waals surface area (Å²) in [6.07, 6.45) is 8.69. The van der Waals surface area contributed by atoms with Crippen molar-refractivity contribution < 1.29 is 29.0 Å². The number of aliphatic hydroxyl groups is 1. The molecule has 0 aromatic rings. The van der Waals surface area contributed by atoms with Gasteiger partial charge in [-0.2, -0.15) is 0 Å². The fraction of sp³-hybridized carbons (Fsp3) is 0.750. The highest BCUT2D eigenvalue weighted by Crippen LogP contribution is 2.64. The van der Waals surface area contributed by atoms with Crippen LogP contribution in [0.2, 0.25) is 0 Å². The Kier molecular flexibility index (Phi) is 9.39. The number of nitrogens with zero attached hydrogens (tertiary/aromatic N) is 2. The van der Waals surface area contributed by atoms with E-state index >= 15 is 0 Å². The van der Waals surface area contributed by atoms with Crippen molar-refractivity contribution in [2.45, 2.75) is 95.4 Å². The highest BCUT2D eigenvalue weighted by atomic mass is 16.6. The molecule has 3 heterocycles. The van der Waals surface area contributed by atoms with Gasteiger partial charge in [0.2, 0.25) is 11.8 Å². The number of carbonyl (C=O) groups is 3. The Morgan fingerprint density at radius 1 is 1.22 bits per heavy atom. The number of rotatable bonds is 15. The lowest BCUT2D eigenvalue weighted by molar-refractivity contribution is -0.162. The van der Waals surface area contributed by atoms with Crippen molar-refractivity contribution in [3.8, 4) is 0 Å². The lowest BCUT2D eigenvalue weighted by Gasteiger charge is -2.38. The van der Waals surface area contributed by atoms with Crippen LogP contribution in [0.4, 0.5) is 0 Å². The predicted octanol–water partition coefficient (Wildman–Crippen LogP) is 3.24. The van der Waals surface area contributed by atoms with Crippen LogP contribution in [0.5, 0.6) is 0 Å². The van der Waals surface area contributed by atoms with Crippen molar-refractivity contribution in [1.82, 2.24) is 9.80 Å². The summed E-state index contributed by atoms with van der Waals surface area (Å²) in [5.41, 5.74) is -1.83. The number of esters is 1. The fourth-order valence-corrected chi connectivity index (χ4v) is 6.51. The number of ether oxygens (including phenoxy) is 2. The van der Waals surface area contributed by atoms with Crippen LogP contribution in [-0.4, -0.2) is 82.3 Å². The van der Waals surface area contributed by atoms with Gasteiger partial charge in [0.1, 0.15) is 17.6 Å². The van der Waals surface area contributed by atoms with Crippen LogP contribution in [0, 0.1) is 11.8 Å². The summed E-state index contributed by atoms with van der Waals surface area (Å²) in [5.74, 6) is -2.21. The van der Waals surface area contributed by atoms with Crippen LogP contribution in [0.3, 0.4) is 0 Å². The van der Waals surface area contributed by atoms with Gasteiger partial charge in [-0.15, -0.1) is 13.2 Å². The van der Waals surface area contributed by atoms with E-state index in [1.165, 1.54) is 0 Å². The number of unbranched alkanes of at least 4 members (excludes halogenated alkanes) is 3. The van der Waals surface area contributed by atoms with Gasteiger partial charge in [-0.1, -0.05) is 19.1 Å². The molecule has 0 aromatic carbocycles. The third kappa shape index (κ3) is 4.86. The molecule has 3 aliphatic heterocycles. The second kappa shape index (κ2) is 11.9. The summed E-state index contributed by atoms with van der Waals surface area (Å²) in [6.45, 7) is 14.5. The molecule has 1 spiro atoms. The summed E-state index contributed by atoms with van der Waals surface area (Å²) >= 11 is 0. The lowest BCUT2D eigenvalue weighted by Crippen LogP contribution is -2.57. The van der Waals surface area contributed by atoms with E-state index in [9.17, 15) is 19.5 Å². The molecule has 3 rings (SSSR count). The molecule has 2 bridgehead atoms. The Bertz CT molecular complexity index is 844. The first-order valence-electron chi connectivity index (χ1n) is 13.5. The summed E-state index contributed by atoms with van der Waals surface area (Å²) < 4.78 is 12.4. The van der Waals surface area contributed by atoms with E-state index in [0.29, 0.717) is 51.6 Å². The van der Waals surface area contributed by atoms with Gasteiger partial charge in [0.25, 0.3) is 0 Å². The van der Waals surface area contributed by atoms with Gasteiger partial charge in [0.15, 0.2) is 0 Å². The van der Waals surface area contributed by atoms with E-state index < -0.39 is 35.0 Å². The first-order chi connectivity index (χ1) is 17.2. The van der Waals surface area contributed by atoms with Crippen LogP contribution in [0.25, 0.3) is 0 Å². The number of carbonyl (C=O) groups excluding carboxylic acids is 3. The van der Waals surface area contributed by atoms with Crippen molar-refractivity contribution in [1.29, 1.82) is 0 Å². The van der Waals surface area contributed by atoms with Crippen LogP contribution in [0.15, 0.2) is 25.3 Å². The molecule has 8 nitrogen and oxygen atoms in total. The van der Waals surface area contributed by atoms with Crippen LogP contribution < -0.4 is 0 Å². The van der Waals surface area contributed by atoms with Crippen LogP contribution >= 0.6 is 0 Å². The maximum Gasteiger partial charge on any atom is 0.312 e. The number of hydrogen-bond acceptors (Lipinski definition) is 6. The number of fused-ring (bicyclic) bond motifs is 1. The van der Waals surface area contributed by atoms with Crippen molar-refractivity contribution in [2.24, 2.45) is 11.8 Å². The van der Waals surface area contributed by atoms with E-state index in [2.05, 4.69) is 13.2 Å². The summed E-state index contributed by atoms with van der Waals surface area (Å²) in [5, 5.41) is 9.19. The van der Waals surface area contributed by atoms with E-state index in [0.717, 1.165) is 12.8 Å². The minimum atomic E-state index is -1.04. The van der Waals surface area contributed by atoms with Crippen molar-refractivity contribution in [3.05, 3.63) is 25.3 Å². The van der Waals surface area contributed by atoms with Crippen LogP contribution in [-0.2, 0) is 23.9 Å². The van der Waals surface area contributed by atoms with Gasteiger partial charge in [-0.25, -0.2) is 0 Å². The summed E-state index contributed by atoms with van der Waals surface area (Å²) in [7, 11) is 0. The third-order valence-corrected chi connectivity index (χ3v) is 8.25. The Morgan fingerprint density at radius 3 is 2.58 bits per heavy atom. The van der Waals surface area contributed by atoms with Gasteiger partial charge in [-0.05, 0) is 65.2 Å². The largest absolute Gasteiger partial charge is 0.465 e. The standard InChI is InChI=1S/C28H44N2O6/c1-6-9-13-19-35-26(34)22-21-24(32)30(17-11-10-12-18-31)23(25(33)29(16-7-2)20(4)5)28(21)15-14-27(22,8-3)36-28/h6-7,20-23,31H,1-2,8-19H2,3-5H3/t21-,22+,23?,27-,28?/m0/s1. The topological polar surface area (TPSA) is 96.4 Å². The molecule has 1 N–H and O–H groups in total. The molecule has 5 atom stereocenters. The molecule has 0 radical (unpaired) electrons. The average Bonchev–Trinajstić information content (AvgIpc) is 3.46. The number of hydrogen-bond donors (Lipinski definition) is 1. The Hall–Kier alpha value is -2.19. The minimum Gasteiger partial charge on any atom is -0.465 e. The normalized spacial score (nSPS) is 30.5.